The minimum absolute atomic E-state index is 0.0635. The summed E-state index contributed by atoms with van der Waals surface area (Å²) in [5, 5.41) is 0. The summed E-state index contributed by atoms with van der Waals surface area (Å²) in [6, 6.07) is 0. The number of carbonyl (C=O) groups is 3. The van der Waals surface area contributed by atoms with E-state index in [-0.39, 0.29) is 31.1 Å². The van der Waals surface area contributed by atoms with Crippen molar-refractivity contribution in [2.24, 2.45) is 11.8 Å². The summed E-state index contributed by atoms with van der Waals surface area (Å²) in [7, 11) is 0. The first-order valence-corrected chi connectivity index (χ1v) is 26.8. The van der Waals surface area contributed by atoms with E-state index in [2.05, 4.69) is 34.6 Å². The van der Waals surface area contributed by atoms with Crippen LogP contribution in [0, 0.1) is 11.8 Å². The summed E-state index contributed by atoms with van der Waals surface area (Å²) in [4.78, 5) is 38.0. The number of unbranched alkanes of at least 4 members (excludes halogenated alkanes) is 32. The monoisotopic (exact) mass is 849 g/mol. The third-order valence-corrected chi connectivity index (χ3v) is 12.6. The Morgan fingerprint density at radius 3 is 0.950 bits per heavy atom. The van der Waals surface area contributed by atoms with Crippen LogP contribution in [0.3, 0.4) is 0 Å². The molecule has 6 nitrogen and oxygen atoms in total. The lowest BCUT2D eigenvalue weighted by Crippen LogP contribution is -2.30. The lowest BCUT2D eigenvalue weighted by Gasteiger charge is -2.18. The first-order chi connectivity index (χ1) is 29.3. The Labute approximate surface area is 374 Å². The number of carbonyl (C=O) groups excluding carboxylic acids is 3. The van der Waals surface area contributed by atoms with Crippen LogP contribution in [-0.4, -0.2) is 37.2 Å². The molecule has 0 aromatic carbocycles. The second-order valence-corrected chi connectivity index (χ2v) is 19.2. The summed E-state index contributed by atoms with van der Waals surface area (Å²) < 4.78 is 16.8. The highest BCUT2D eigenvalue weighted by Crippen LogP contribution is 2.18. The van der Waals surface area contributed by atoms with Crippen molar-refractivity contribution >= 4 is 17.9 Å². The molecule has 0 aromatic heterocycles. The quantitative estimate of drug-likeness (QED) is 0.0345. The number of rotatable bonds is 48. The van der Waals surface area contributed by atoms with E-state index < -0.39 is 6.10 Å². The molecule has 0 aliphatic heterocycles. The second kappa shape index (κ2) is 46.9. The number of esters is 3. The third kappa shape index (κ3) is 45.9. The zero-order chi connectivity index (χ0) is 44.0. The van der Waals surface area contributed by atoms with Gasteiger partial charge in [0.25, 0.3) is 0 Å². The maximum atomic E-state index is 12.8. The number of hydrogen-bond acceptors (Lipinski definition) is 6. The van der Waals surface area contributed by atoms with Crippen LogP contribution < -0.4 is 0 Å². The van der Waals surface area contributed by atoms with Gasteiger partial charge < -0.3 is 14.2 Å². The molecule has 60 heavy (non-hydrogen) atoms. The zero-order valence-corrected chi connectivity index (χ0v) is 41.1. The van der Waals surface area contributed by atoms with Gasteiger partial charge >= 0.3 is 17.9 Å². The minimum atomic E-state index is -0.761. The van der Waals surface area contributed by atoms with Gasteiger partial charge in [0, 0.05) is 19.3 Å². The maximum absolute atomic E-state index is 12.8. The van der Waals surface area contributed by atoms with Crippen LogP contribution in [-0.2, 0) is 28.6 Å². The average Bonchev–Trinajstić information content (AvgIpc) is 3.23. The van der Waals surface area contributed by atoms with Gasteiger partial charge in [0.15, 0.2) is 6.10 Å². The van der Waals surface area contributed by atoms with Gasteiger partial charge in [0.05, 0.1) is 0 Å². The van der Waals surface area contributed by atoms with Crippen molar-refractivity contribution in [1.29, 1.82) is 0 Å². The second-order valence-electron chi connectivity index (χ2n) is 19.2. The maximum Gasteiger partial charge on any atom is 0.306 e. The van der Waals surface area contributed by atoms with Crippen LogP contribution in [0.4, 0.5) is 0 Å². The summed E-state index contributed by atoms with van der Waals surface area (Å²) >= 11 is 0. The van der Waals surface area contributed by atoms with Crippen LogP contribution in [0.25, 0.3) is 0 Å². The topological polar surface area (TPSA) is 78.9 Å². The van der Waals surface area contributed by atoms with E-state index in [1.807, 2.05) is 0 Å². The van der Waals surface area contributed by atoms with Crippen molar-refractivity contribution in [3.05, 3.63) is 0 Å². The van der Waals surface area contributed by atoms with Gasteiger partial charge in [-0.25, -0.2) is 0 Å². The standard InChI is InChI=1S/C54H104O6/c1-6-8-9-10-11-12-13-19-25-31-36-41-46-54(57)60-51(48-59-53(56)45-40-35-30-26-21-22-27-32-37-42-49(3)4)47-58-52(55)44-39-34-29-24-20-17-15-14-16-18-23-28-33-38-43-50(5)7-2/h49-51H,6-48H2,1-5H3/t50?,51-/m0/s1. The highest BCUT2D eigenvalue weighted by Gasteiger charge is 2.19. The predicted molar refractivity (Wildman–Crippen MR) is 256 cm³/mol. The van der Waals surface area contributed by atoms with E-state index in [0.717, 1.165) is 69.6 Å². The third-order valence-electron chi connectivity index (χ3n) is 12.6. The minimum Gasteiger partial charge on any atom is -0.462 e. The molecule has 0 N–H and O–H groups in total. The molecular weight excluding hydrogens is 745 g/mol. The molecule has 0 fully saturated rings. The van der Waals surface area contributed by atoms with Crippen LogP contribution >= 0.6 is 0 Å². The molecule has 0 bridgehead atoms. The van der Waals surface area contributed by atoms with Gasteiger partial charge in [0.1, 0.15) is 13.2 Å². The molecule has 0 heterocycles. The fourth-order valence-electron chi connectivity index (χ4n) is 8.13. The Morgan fingerprint density at radius 2 is 0.633 bits per heavy atom. The SMILES string of the molecule is CCCCCCCCCCCCCCC(=O)O[C@@H](COC(=O)CCCCCCCCCCCCCCCCC(C)CC)COC(=O)CCCCCCCCCCCC(C)C. The average molecular weight is 849 g/mol. The largest absolute Gasteiger partial charge is 0.462 e. The summed E-state index contributed by atoms with van der Waals surface area (Å²) in [5.74, 6) is 0.858. The Bertz CT molecular complexity index is 918. The van der Waals surface area contributed by atoms with Gasteiger partial charge in [-0.2, -0.15) is 0 Å². The van der Waals surface area contributed by atoms with Crippen molar-refractivity contribution in [2.45, 2.75) is 304 Å². The Balaban J connectivity index is 4.27. The summed E-state index contributed by atoms with van der Waals surface area (Å²) in [6.45, 7) is 11.4. The van der Waals surface area contributed by atoms with Crippen LogP contribution in [0.5, 0.6) is 0 Å². The molecular formula is C54H104O6. The van der Waals surface area contributed by atoms with Gasteiger partial charge in [-0.15, -0.1) is 0 Å². The molecule has 6 heteroatoms. The number of ether oxygens (including phenoxy) is 3. The normalized spacial score (nSPS) is 12.5. The van der Waals surface area contributed by atoms with Crippen molar-refractivity contribution in [2.75, 3.05) is 13.2 Å². The fraction of sp³-hybridized carbons (Fsp3) is 0.944. The van der Waals surface area contributed by atoms with Gasteiger partial charge in [-0.1, -0.05) is 259 Å². The molecule has 0 amide bonds. The first kappa shape index (κ1) is 58.4. The van der Waals surface area contributed by atoms with Crippen LogP contribution in [0.15, 0.2) is 0 Å². The lowest BCUT2D eigenvalue weighted by atomic mass is 9.99. The van der Waals surface area contributed by atoms with Crippen LogP contribution in [0.2, 0.25) is 0 Å². The molecule has 0 spiro atoms. The van der Waals surface area contributed by atoms with Gasteiger partial charge in [-0.3, -0.25) is 14.4 Å². The molecule has 0 aliphatic carbocycles. The van der Waals surface area contributed by atoms with E-state index in [1.165, 1.54) is 186 Å². The zero-order valence-electron chi connectivity index (χ0n) is 41.1. The molecule has 0 saturated carbocycles. The molecule has 0 aromatic rings. The Morgan fingerprint density at radius 1 is 0.350 bits per heavy atom. The van der Waals surface area contributed by atoms with Crippen LogP contribution in [0.1, 0.15) is 298 Å². The highest BCUT2D eigenvalue weighted by atomic mass is 16.6. The molecule has 0 radical (unpaired) electrons. The number of hydrogen-bond donors (Lipinski definition) is 0. The lowest BCUT2D eigenvalue weighted by molar-refractivity contribution is -0.167. The molecule has 1 unspecified atom stereocenters. The summed E-state index contributed by atoms with van der Waals surface area (Å²) in [6.07, 6.45) is 48.0. The smallest absolute Gasteiger partial charge is 0.306 e. The first-order valence-electron chi connectivity index (χ1n) is 26.8. The highest BCUT2D eigenvalue weighted by molar-refractivity contribution is 5.71. The van der Waals surface area contributed by atoms with E-state index in [1.54, 1.807) is 0 Å². The van der Waals surface area contributed by atoms with E-state index in [9.17, 15) is 14.4 Å². The summed E-state index contributed by atoms with van der Waals surface area (Å²) in [5.41, 5.74) is 0. The van der Waals surface area contributed by atoms with E-state index >= 15 is 0 Å². The Kier molecular flexibility index (Phi) is 45.7. The molecule has 0 saturated heterocycles. The molecule has 356 valence electrons. The molecule has 2 atom stereocenters. The van der Waals surface area contributed by atoms with Gasteiger partial charge in [0.2, 0.25) is 0 Å². The van der Waals surface area contributed by atoms with Crippen molar-refractivity contribution in [1.82, 2.24) is 0 Å². The molecule has 0 aliphatic rings. The van der Waals surface area contributed by atoms with Crippen molar-refractivity contribution in [3.8, 4) is 0 Å². The van der Waals surface area contributed by atoms with Crippen molar-refractivity contribution < 1.29 is 28.6 Å². The molecule has 0 rings (SSSR count). The predicted octanol–water partition coefficient (Wildman–Crippen LogP) is 17.3. The van der Waals surface area contributed by atoms with E-state index in [0.29, 0.717) is 19.3 Å². The van der Waals surface area contributed by atoms with Gasteiger partial charge in [-0.05, 0) is 31.1 Å². The fourth-order valence-corrected chi connectivity index (χ4v) is 8.13. The Hall–Kier alpha value is -1.59. The van der Waals surface area contributed by atoms with E-state index in [4.69, 9.17) is 14.2 Å². The van der Waals surface area contributed by atoms with Crippen molar-refractivity contribution in [3.63, 3.8) is 0 Å².